The van der Waals surface area contributed by atoms with E-state index in [2.05, 4.69) is 45.5 Å². The second-order valence-corrected chi connectivity index (χ2v) is 6.64. The number of nitrogens with one attached hydrogen (secondary N) is 1. The van der Waals surface area contributed by atoms with Gasteiger partial charge in [0.25, 0.3) is 5.91 Å². The lowest BCUT2D eigenvalue weighted by Crippen LogP contribution is -2.52. The van der Waals surface area contributed by atoms with E-state index < -0.39 is 0 Å². The molecule has 1 saturated heterocycles. The number of hydrazine groups is 1. The summed E-state index contributed by atoms with van der Waals surface area (Å²) >= 11 is 0. The van der Waals surface area contributed by atoms with Gasteiger partial charge in [-0.25, -0.2) is 9.99 Å². The average molecular weight is 337 g/mol. The number of rotatable bonds is 3. The van der Waals surface area contributed by atoms with Crippen LogP contribution in [0.25, 0.3) is 0 Å². The van der Waals surface area contributed by atoms with Crippen molar-refractivity contribution in [2.75, 3.05) is 44.7 Å². The first-order chi connectivity index (χ1) is 12.2. The SMILES string of the molecule is CN1CCN(NC(=O)c2cccnc2N2CCc3ccccc32)CC1. The molecule has 6 heteroatoms. The summed E-state index contributed by atoms with van der Waals surface area (Å²) in [4.78, 5) is 21.8. The minimum absolute atomic E-state index is 0.0861. The highest BCUT2D eigenvalue weighted by molar-refractivity contribution is 5.99. The van der Waals surface area contributed by atoms with Crippen molar-refractivity contribution >= 4 is 17.4 Å². The van der Waals surface area contributed by atoms with Gasteiger partial charge in [0.2, 0.25) is 0 Å². The van der Waals surface area contributed by atoms with Crippen molar-refractivity contribution in [3.63, 3.8) is 0 Å². The lowest BCUT2D eigenvalue weighted by molar-refractivity contribution is 0.0663. The molecule has 2 aromatic rings. The Kier molecular flexibility index (Phi) is 4.38. The van der Waals surface area contributed by atoms with Crippen LogP contribution in [0.15, 0.2) is 42.6 Å². The zero-order chi connectivity index (χ0) is 17.2. The van der Waals surface area contributed by atoms with Gasteiger partial charge in [0.15, 0.2) is 0 Å². The number of piperazine rings is 1. The van der Waals surface area contributed by atoms with Crippen LogP contribution in [0.5, 0.6) is 0 Å². The van der Waals surface area contributed by atoms with Gasteiger partial charge < -0.3 is 9.80 Å². The maximum atomic E-state index is 12.9. The van der Waals surface area contributed by atoms with Crippen LogP contribution in [0, 0.1) is 0 Å². The molecule has 0 atom stereocenters. The van der Waals surface area contributed by atoms with E-state index in [4.69, 9.17) is 0 Å². The number of aromatic nitrogens is 1. The molecule has 1 N–H and O–H groups in total. The van der Waals surface area contributed by atoms with Crippen molar-refractivity contribution < 1.29 is 4.79 Å². The molecule has 1 aromatic carbocycles. The Balaban J connectivity index is 1.56. The molecule has 0 spiro atoms. The van der Waals surface area contributed by atoms with E-state index in [1.165, 1.54) is 5.56 Å². The highest BCUT2D eigenvalue weighted by Gasteiger charge is 2.26. The third-order valence-corrected chi connectivity index (χ3v) is 4.94. The molecule has 1 fully saturated rings. The van der Waals surface area contributed by atoms with E-state index in [1.807, 2.05) is 23.2 Å². The van der Waals surface area contributed by atoms with Gasteiger partial charge in [0.1, 0.15) is 5.82 Å². The molecule has 1 aromatic heterocycles. The smallest absolute Gasteiger partial charge is 0.269 e. The molecule has 3 heterocycles. The van der Waals surface area contributed by atoms with Crippen LogP contribution in [0.3, 0.4) is 0 Å². The fraction of sp³-hybridized carbons (Fsp3) is 0.368. The van der Waals surface area contributed by atoms with E-state index in [0.717, 1.165) is 50.6 Å². The van der Waals surface area contributed by atoms with Crippen molar-refractivity contribution in [3.05, 3.63) is 53.7 Å². The van der Waals surface area contributed by atoms with E-state index in [0.29, 0.717) is 5.56 Å². The molecule has 6 nitrogen and oxygen atoms in total. The molecule has 0 unspecified atom stereocenters. The number of hydrogen-bond donors (Lipinski definition) is 1. The Labute approximate surface area is 148 Å². The van der Waals surface area contributed by atoms with Crippen LogP contribution < -0.4 is 10.3 Å². The van der Waals surface area contributed by atoms with Crippen LogP contribution in [0.4, 0.5) is 11.5 Å². The summed E-state index contributed by atoms with van der Waals surface area (Å²) in [6.07, 6.45) is 2.73. The van der Waals surface area contributed by atoms with Crippen LogP contribution in [-0.2, 0) is 6.42 Å². The van der Waals surface area contributed by atoms with Gasteiger partial charge in [0, 0.05) is 44.6 Å². The quantitative estimate of drug-likeness (QED) is 0.923. The summed E-state index contributed by atoms with van der Waals surface area (Å²) in [6.45, 7) is 4.44. The van der Waals surface area contributed by atoms with Crippen LogP contribution in [-0.4, -0.2) is 60.6 Å². The second kappa shape index (κ2) is 6.82. The number of hydrogen-bond acceptors (Lipinski definition) is 5. The van der Waals surface area contributed by atoms with E-state index in [1.54, 1.807) is 6.20 Å². The number of anilines is 2. The number of pyridine rings is 1. The van der Waals surface area contributed by atoms with E-state index in [-0.39, 0.29) is 5.91 Å². The van der Waals surface area contributed by atoms with Gasteiger partial charge in [-0.05, 0) is 37.2 Å². The lowest BCUT2D eigenvalue weighted by atomic mass is 10.2. The maximum absolute atomic E-state index is 12.9. The number of benzene rings is 1. The molecule has 130 valence electrons. The fourth-order valence-corrected chi connectivity index (χ4v) is 3.47. The number of fused-ring (bicyclic) bond motifs is 1. The fourth-order valence-electron chi connectivity index (χ4n) is 3.47. The molecule has 0 saturated carbocycles. The predicted octanol–water partition coefficient (Wildman–Crippen LogP) is 1.67. The van der Waals surface area contributed by atoms with Crippen molar-refractivity contribution in [1.82, 2.24) is 20.3 Å². The molecule has 0 bridgehead atoms. The van der Waals surface area contributed by atoms with Gasteiger partial charge in [-0.2, -0.15) is 0 Å². The standard InChI is InChI=1S/C19H23N5O/c1-22-11-13-23(14-12-22)21-19(25)16-6-4-9-20-18(16)24-10-8-15-5-2-3-7-17(15)24/h2-7,9H,8,10-14H2,1H3,(H,21,25). The van der Waals surface area contributed by atoms with Crippen molar-refractivity contribution in [1.29, 1.82) is 0 Å². The summed E-state index contributed by atoms with van der Waals surface area (Å²) in [5.41, 5.74) is 6.12. The summed E-state index contributed by atoms with van der Waals surface area (Å²) in [5.74, 6) is 0.649. The molecule has 2 aliphatic rings. The molecule has 4 rings (SSSR count). The third kappa shape index (κ3) is 3.23. The normalized spacial score (nSPS) is 18.2. The number of para-hydroxylation sites is 1. The van der Waals surface area contributed by atoms with Crippen LogP contribution >= 0.6 is 0 Å². The number of likely N-dealkylation sites (N-methyl/N-ethyl adjacent to an activating group) is 1. The summed E-state index contributed by atoms with van der Waals surface area (Å²) in [7, 11) is 2.10. The number of nitrogens with zero attached hydrogens (tertiary/aromatic N) is 4. The van der Waals surface area contributed by atoms with Crippen molar-refractivity contribution in [3.8, 4) is 0 Å². The first-order valence-corrected chi connectivity index (χ1v) is 8.77. The lowest BCUT2D eigenvalue weighted by Gasteiger charge is -2.32. The van der Waals surface area contributed by atoms with E-state index in [9.17, 15) is 4.79 Å². The number of carbonyl (C=O) groups excluding carboxylic acids is 1. The zero-order valence-electron chi connectivity index (χ0n) is 14.5. The molecule has 25 heavy (non-hydrogen) atoms. The van der Waals surface area contributed by atoms with Gasteiger partial charge in [-0.1, -0.05) is 18.2 Å². The number of carbonyl (C=O) groups is 1. The first kappa shape index (κ1) is 16.1. The van der Waals surface area contributed by atoms with Crippen LogP contribution in [0.2, 0.25) is 0 Å². The van der Waals surface area contributed by atoms with Gasteiger partial charge in [-0.3, -0.25) is 10.2 Å². The largest absolute Gasteiger partial charge is 0.325 e. The van der Waals surface area contributed by atoms with Gasteiger partial charge in [-0.15, -0.1) is 0 Å². The topological polar surface area (TPSA) is 51.7 Å². The molecule has 0 aliphatic carbocycles. The van der Waals surface area contributed by atoms with Crippen molar-refractivity contribution in [2.45, 2.75) is 6.42 Å². The van der Waals surface area contributed by atoms with E-state index >= 15 is 0 Å². The highest BCUT2D eigenvalue weighted by atomic mass is 16.2. The Morgan fingerprint density at radius 1 is 1.04 bits per heavy atom. The Hall–Kier alpha value is -2.44. The Morgan fingerprint density at radius 2 is 1.84 bits per heavy atom. The first-order valence-electron chi connectivity index (χ1n) is 8.77. The van der Waals surface area contributed by atoms with Crippen molar-refractivity contribution in [2.24, 2.45) is 0 Å². The minimum Gasteiger partial charge on any atom is -0.325 e. The summed E-state index contributed by atoms with van der Waals surface area (Å²) in [5, 5.41) is 2.00. The monoisotopic (exact) mass is 337 g/mol. The minimum atomic E-state index is -0.0861. The number of amides is 1. The maximum Gasteiger partial charge on any atom is 0.269 e. The summed E-state index contributed by atoms with van der Waals surface area (Å²) < 4.78 is 0. The second-order valence-electron chi connectivity index (χ2n) is 6.64. The molecule has 1 amide bonds. The van der Waals surface area contributed by atoms with Gasteiger partial charge >= 0.3 is 0 Å². The predicted molar refractivity (Wildman–Crippen MR) is 97.9 cm³/mol. The van der Waals surface area contributed by atoms with Crippen LogP contribution in [0.1, 0.15) is 15.9 Å². The summed E-state index contributed by atoms with van der Waals surface area (Å²) in [6, 6.07) is 12.0. The highest BCUT2D eigenvalue weighted by Crippen LogP contribution is 2.34. The van der Waals surface area contributed by atoms with Gasteiger partial charge in [0.05, 0.1) is 5.56 Å². The average Bonchev–Trinajstić information content (AvgIpc) is 3.07. The molecule has 2 aliphatic heterocycles. The molecular formula is C19H23N5O. The Morgan fingerprint density at radius 3 is 2.68 bits per heavy atom. The molecular weight excluding hydrogens is 314 g/mol. The Bertz CT molecular complexity index is 770. The zero-order valence-corrected chi connectivity index (χ0v) is 14.5. The third-order valence-electron chi connectivity index (χ3n) is 4.94. The molecule has 0 radical (unpaired) electrons.